The Morgan fingerprint density at radius 2 is 0.977 bits per heavy atom. The maximum absolute atomic E-state index is 6.66. The lowest BCUT2D eigenvalue weighted by molar-refractivity contribution is -0.126. The molecule has 4 aliphatic heterocycles. The van der Waals surface area contributed by atoms with Crippen LogP contribution in [0.5, 0.6) is 0 Å². The van der Waals surface area contributed by atoms with Crippen molar-refractivity contribution < 1.29 is 14.2 Å². The fourth-order valence-corrected chi connectivity index (χ4v) is 9.14. The fraction of sp³-hybridized carbons (Fsp3) is 1.00. The Kier molecular flexibility index (Phi) is 11.5. The van der Waals surface area contributed by atoms with Crippen LogP contribution in [0.25, 0.3) is 0 Å². The van der Waals surface area contributed by atoms with E-state index in [1.165, 1.54) is 136 Å². The summed E-state index contributed by atoms with van der Waals surface area (Å²) < 4.78 is 18.4. The van der Waals surface area contributed by atoms with E-state index in [1.54, 1.807) is 0 Å². The van der Waals surface area contributed by atoms with Crippen LogP contribution in [0.2, 0.25) is 0 Å². The van der Waals surface area contributed by atoms with Gasteiger partial charge in [0.25, 0.3) is 0 Å². The van der Waals surface area contributed by atoms with Gasteiger partial charge in [-0.05, 0) is 133 Å². The lowest BCUT2D eigenvalue weighted by Gasteiger charge is -2.49. The molecular formula is C36H66N4O3. The molecule has 0 aromatic carbocycles. The molecule has 0 spiro atoms. The van der Waals surface area contributed by atoms with E-state index < -0.39 is 0 Å². The summed E-state index contributed by atoms with van der Waals surface area (Å²) in [7, 11) is 4.09. The lowest BCUT2D eigenvalue weighted by Crippen LogP contribution is -2.50. The Morgan fingerprint density at radius 3 is 1.47 bits per heavy atom. The van der Waals surface area contributed by atoms with E-state index in [9.17, 15) is 0 Å². The van der Waals surface area contributed by atoms with Crippen LogP contribution >= 0.6 is 0 Å². The summed E-state index contributed by atoms with van der Waals surface area (Å²) >= 11 is 0. The molecule has 0 unspecified atom stereocenters. The molecule has 6 rings (SSSR count). The van der Waals surface area contributed by atoms with Crippen LogP contribution in [-0.2, 0) is 14.2 Å². The Balaban J connectivity index is 0.807. The summed E-state index contributed by atoms with van der Waals surface area (Å²) in [6.45, 7) is 19.1. The van der Waals surface area contributed by atoms with Crippen LogP contribution in [0.1, 0.15) is 90.9 Å². The summed E-state index contributed by atoms with van der Waals surface area (Å²) in [5, 5.41) is 0. The van der Waals surface area contributed by atoms with E-state index in [4.69, 9.17) is 14.2 Å². The monoisotopic (exact) mass is 603 g/mol. The highest BCUT2D eigenvalue weighted by atomic mass is 16.5. The zero-order valence-electron chi connectivity index (χ0n) is 28.4. The van der Waals surface area contributed by atoms with Crippen molar-refractivity contribution in [3.8, 4) is 0 Å². The van der Waals surface area contributed by atoms with Crippen molar-refractivity contribution in [3.05, 3.63) is 0 Å². The van der Waals surface area contributed by atoms with Gasteiger partial charge in [-0.3, -0.25) is 0 Å². The van der Waals surface area contributed by atoms with Gasteiger partial charge in [0.1, 0.15) is 0 Å². The van der Waals surface area contributed by atoms with Gasteiger partial charge in [0.05, 0.1) is 30.5 Å². The van der Waals surface area contributed by atoms with Crippen molar-refractivity contribution in [1.82, 2.24) is 19.6 Å². The van der Waals surface area contributed by atoms with Crippen LogP contribution in [0.15, 0.2) is 0 Å². The first-order valence-corrected chi connectivity index (χ1v) is 18.5. The third-order valence-corrected chi connectivity index (χ3v) is 12.6. The first-order valence-electron chi connectivity index (χ1n) is 18.5. The van der Waals surface area contributed by atoms with Gasteiger partial charge in [-0.25, -0.2) is 0 Å². The topological polar surface area (TPSA) is 40.7 Å². The molecule has 2 saturated carbocycles. The molecular weight excluding hydrogens is 536 g/mol. The molecule has 7 nitrogen and oxygen atoms in total. The lowest BCUT2D eigenvalue weighted by atomic mass is 9.65. The van der Waals surface area contributed by atoms with Gasteiger partial charge in [0.15, 0.2) is 0 Å². The number of rotatable bonds is 12. The third kappa shape index (κ3) is 9.17. The maximum Gasteiger partial charge on any atom is 0.0628 e. The summed E-state index contributed by atoms with van der Waals surface area (Å²) in [4.78, 5) is 10.7. The van der Waals surface area contributed by atoms with Crippen LogP contribution < -0.4 is 0 Å². The summed E-state index contributed by atoms with van der Waals surface area (Å²) in [5.41, 5.74) is 0.399. The van der Waals surface area contributed by atoms with E-state index in [0.29, 0.717) is 35.9 Å². The molecule has 43 heavy (non-hydrogen) atoms. The van der Waals surface area contributed by atoms with Crippen molar-refractivity contribution in [1.29, 1.82) is 0 Å². The molecule has 4 heterocycles. The zero-order chi connectivity index (χ0) is 29.8. The van der Waals surface area contributed by atoms with E-state index >= 15 is 0 Å². The second-order valence-corrected chi connectivity index (χ2v) is 16.5. The normalized spacial score (nSPS) is 34.3. The van der Waals surface area contributed by atoms with Gasteiger partial charge >= 0.3 is 0 Å². The predicted molar refractivity (Wildman–Crippen MR) is 175 cm³/mol. The summed E-state index contributed by atoms with van der Waals surface area (Å²) in [6, 6.07) is 0. The van der Waals surface area contributed by atoms with E-state index in [2.05, 4.69) is 40.5 Å². The first kappa shape index (κ1) is 32.7. The molecule has 6 fully saturated rings. The van der Waals surface area contributed by atoms with Gasteiger partial charge in [-0.2, -0.15) is 0 Å². The number of ether oxygens (including phenoxy) is 3. The largest absolute Gasteiger partial charge is 0.381 e. The predicted octanol–water partition coefficient (Wildman–Crippen LogP) is 4.98. The molecule has 7 heteroatoms. The quantitative estimate of drug-likeness (QED) is 0.312. The molecule has 0 aromatic heterocycles. The molecule has 4 saturated heterocycles. The van der Waals surface area contributed by atoms with Crippen molar-refractivity contribution in [2.75, 3.05) is 86.1 Å². The zero-order valence-corrected chi connectivity index (χ0v) is 28.4. The molecule has 6 aliphatic rings. The average molecular weight is 603 g/mol. The van der Waals surface area contributed by atoms with Gasteiger partial charge < -0.3 is 33.8 Å². The Labute approximate surface area is 264 Å². The highest BCUT2D eigenvalue weighted by molar-refractivity contribution is 4.94. The first-order chi connectivity index (χ1) is 20.8. The minimum atomic E-state index is 0.399. The van der Waals surface area contributed by atoms with Crippen LogP contribution in [0.4, 0.5) is 0 Å². The standard InChI is InChI=1S/C36H66N4O3/c1-36(2,30-21-34(22-30)42-31-9-17-38(18-10-31)25-28-5-13-37(3)14-6-28)27-40-15-7-29(8-16-40)26-39-19-11-32(12-20-39)43-35-23-33(24-35)41-4/h28-35H,5-27H2,1-4H3/t30-,33-,34-,35-. The van der Waals surface area contributed by atoms with Crippen molar-refractivity contribution in [3.63, 3.8) is 0 Å². The smallest absolute Gasteiger partial charge is 0.0628 e. The highest BCUT2D eigenvalue weighted by Crippen LogP contribution is 2.45. The van der Waals surface area contributed by atoms with Crippen molar-refractivity contribution in [2.45, 2.75) is 121 Å². The number of methoxy groups -OCH3 is 1. The Morgan fingerprint density at radius 1 is 0.535 bits per heavy atom. The number of likely N-dealkylation sites (tertiary alicyclic amines) is 4. The van der Waals surface area contributed by atoms with E-state index in [-0.39, 0.29) is 0 Å². The fourth-order valence-electron chi connectivity index (χ4n) is 9.14. The molecule has 0 aromatic rings. The van der Waals surface area contributed by atoms with E-state index in [1.807, 2.05) is 7.11 Å². The number of hydrogen-bond acceptors (Lipinski definition) is 7. The van der Waals surface area contributed by atoms with Gasteiger partial charge in [0, 0.05) is 52.9 Å². The van der Waals surface area contributed by atoms with Crippen LogP contribution in [0, 0.1) is 23.2 Å². The number of hydrogen-bond donors (Lipinski definition) is 0. The van der Waals surface area contributed by atoms with Gasteiger partial charge in [-0.1, -0.05) is 13.8 Å². The maximum atomic E-state index is 6.66. The molecule has 0 bridgehead atoms. The Bertz CT molecular complexity index is 814. The molecule has 2 aliphatic carbocycles. The van der Waals surface area contributed by atoms with Crippen LogP contribution in [-0.4, -0.2) is 136 Å². The van der Waals surface area contributed by atoms with Gasteiger partial charge in [-0.15, -0.1) is 0 Å². The SMILES string of the molecule is CO[C@H]1C[C@H](OC2CCN(CC3CCN(CC(C)(C)[C@H]4C[C@H](OC5CCN(CC6CCN(C)CC6)CC5)C4)CC3)CC2)C1. The van der Waals surface area contributed by atoms with Crippen molar-refractivity contribution in [2.24, 2.45) is 23.2 Å². The number of nitrogens with zero attached hydrogens (tertiary/aromatic N) is 4. The van der Waals surface area contributed by atoms with Gasteiger partial charge in [0.2, 0.25) is 0 Å². The molecule has 0 amide bonds. The molecule has 0 radical (unpaired) electrons. The highest BCUT2D eigenvalue weighted by Gasteiger charge is 2.43. The molecule has 248 valence electrons. The minimum Gasteiger partial charge on any atom is -0.381 e. The van der Waals surface area contributed by atoms with E-state index in [0.717, 1.165) is 30.6 Å². The molecule has 0 N–H and O–H groups in total. The second kappa shape index (κ2) is 15.1. The van der Waals surface area contributed by atoms with Crippen LogP contribution in [0.3, 0.4) is 0 Å². The van der Waals surface area contributed by atoms with Crippen molar-refractivity contribution >= 4 is 0 Å². The summed E-state index contributed by atoms with van der Waals surface area (Å²) in [6.07, 6.45) is 17.6. The summed E-state index contributed by atoms with van der Waals surface area (Å²) in [5.74, 6) is 2.62. The number of piperidine rings is 4. The molecule has 0 atom stereocenters. The Hall–Kier alpha value is -0.280. The minimum absolute atomic E-state index is 0.399. The second-order valence-electron chi connectivity index (χ2n) is 16.5. The average Bonchev–Trinajstić information content (AvgIpc) is 2.96. The third-order valence-electron chi connectivity index (χ3n) is 12.6.